The van der Waals surface area contributed by atoms with Gasteiger partial charge in [-0.1, -0.05) is 25.1 Å². The van der Waals surface area contributed by atoms with E-state index in [0.717, 1.165) is 23.0 Å². The number of carbonyl (C=O) groups is 1. The summed E-state index contributed by atoms with van der Waals surface area (Å²) in [5.41, 5.74) is 2.01. The Bertz CT molecular complexity index is 842. The third-order valence-corrected chi connectivity index (χ3v) is 3.77. The molecule has 2 aromatic heterocycles. The molecule has 122 valence electrons. The van der Waals surface area contributed by atoms with Gasteiger partial charge in [0.25, 0.3) is 5.91 Å². The molecule has 3 aromatic rings. The van der Waals surface area contributed by atoms with Gasteiger partial charge < -0.3 is 10.6 Å². The van der Waals surface area contributed by atoms with Crippen LogP contribution in [0.1, 0.15) is 30.8 Å². The highest BCUT2D eigenvalue weighted by Gasteiger charge is 2.11. The molecule has 1 atom stereocenters. The minimum absolute atomic E-state index is 0.110. The number of amides is 1. The van der Waals surface area contributed by atoms with Crippen molar-refractivity contribution in [1.82, 2.24) is 20.3 Å². The maximum Gasteiger partial charge on any atom is 0.271 e. The van der Waals surface area contributed by atoms with Crippen LogP contribution in [0.5, 0.6) is 0 Å². The second-order valence-corrected chi connectivity index (χ2v) is 5.58. The summed E-state index contributed by atoms with van der Waals surface area (Å²) < 4.78 is 0. The second kappa shape index (κ2) is 7.04. The molecule has 24 heavy (non-hydrogen) atoms. The fourth-order valence-corrected chi connectivity index (χ4v) is 2.25. The van der Waals surface area contributed by atoms with Crippen LogP contribution in [-0.4, -0.2) is 26.9 Å². The van der Waals surface area contributed by atoms with E-state index in [-0.39, 0.29) is 11.9 Å². The van der Waals surface area contributed by atoms with Crippen molar-refractivity contribution in [3.05, 3.63) is 54.6 Å². The molecule has 3 rings (SSSR count). The van der Waals surface area contributed by atoms with Crippen LogP contribution >= 0.6 is 0 Å². The highest BCUT2D eigenvalue weighted by molar-refractivity contribution is 5.93. The summed E-state index contributed by atoms with van der Waals surface area (Å²) >= 11 is 0. The first kappa shape index (κ1) is 15.9. The number of anilines is 2. The number of benzene rings is 1. The van der Waals surface area contributed by atoms with E-state index in [1.54, 1.807) is 12.4 Å². The number of rotatable bonds is 5. The van der Waals surface area contributed by atoms with Crippen LogP contribution in [0.2, 0.25) is 0 Å². The van der Waals surface area contributed by atoms with E-state index in [1.165, 1.54) is 6.20 Å². The predicted octanol–water partition coefficient (Wildman–Crippen LogP) is 3.30. The molecular formula is C18H19N5O. The molecule has 0 bridgehead atoms. The summed E-state index contributed by atoms with van der Waals surface area (Å²) in [6, 6.07) is 9.90. The van der Waals surface area contributed by atoms with E-state index in [9.17, 15) is 4.79 Å². The Morgan fingerprint density at radius 2 is 1.96 bits per heavy atom. The smallest absolute Gasteiger partial charge is 0.271 e. The molecule has 1 amide bonds. The molecule has 1 aromatic carbocycles. The van der Waals surface area contributed by atoms with E-state index in [4.69, 9.17) is 0 Å². The molecule has 0 aliphatic carbocycles. The number of nitrogens with one attached hydrogen (secondary N) is 2. The van der Waals surface area contributed by atoms with Gasteiger partial charge in [0.15, 0.2) is 0 Å². The molecule has 0 saturated carbocycles. The lowest BCUT2D eigenvalue weighted by atomic mass is 10.2. The molecule has 2 N–H and O–H groups in total. The first-order valence-corrected chi connectivity index (χ1v) is 7.91. The summed E-state index contributed by atoms with van der Waals surface area (Å²) in [5, 5.41) is 7.11. The number of nitrogens with zero attached hydrogens (tertiary/aromatic N) is 3. The standard InChI is InChI=1S/C18H19N5O/c1-3-12(2)22-18(24)15-10-21-16(11-20-15)23-14-8-4-6-13-7-5-9-19-17(13)14/h4-12H,3H2,1-2H3,(H,21,23)(H,22,24). The first-order chi connectivity index (χ1) is 11.7. The van der Waals surface area contributed by atoms with Gasteiger partial charge in [-0.05, 0) is 25.5 Å². The number of aromatic nitrogens is 3. The van der Waals surface area contributed by atoms with Crippen molar-refractivity contribution < 1.29 is 4.79 Å². The van der Waals surface area contributed by atoms with Gasteiger partial charge in [0.1, 0.15) is 11.5 Å². The summed E-state index contributed by atoms with van der Waals surface area (Å²) in [6.07, 6.45) is 5.64. The summed E-state index contributed by atoms with van der Waals surface area (Å²) in [6.45, 7) is 3.97. The van der Waals surface area contributed by atoms with Crippen molar-refractivity contribution in [3.63, 3.8) is 0 Å². The highest BCUT2D eigenvalue weighted by Crippen LogP contribution is 2.23. The zero-order valence-corrected chi connectivity index (χ0v) is 13.7. The van der Waals surface area contributed by atoms with Crippen LogP contribution in [0.15, 0.2) is 48.9 Å². The number of pyridine rings is 1. The number of hydrogen-bond acceptors (Lipinski definition) is 5. The van der Waals surface area contributed by atoms with Crippen molar-refractivity contribution in [2.45, 2.75) is 26.3 Å². The van der Waals surface area contributed by atoms with E-state index in [1.807, 2.05) is 44.2 Å². The van der Waals surface area contributed by atoms with Gasteiger partial charge in [0.05, 0.1) is 23.6 Å². The Morgan fingerprint density at radius 1 is 1.12 bits per heavy atom. The number of fused-ring (bicyclic) bond motifs is 1. The Hall–Kier alpha value is -3.02. The Labute approximate surface area is 140 Å². The normalized spacial score (nSPS) is 11.9. The average Bonchev–Trinajstić information content (AvgIpc) is 2.62. The minimum atomic E-state index is -0.213. The van der Waals surface area contributed by atoms with E-state index >= 15 is 0 Å². The van der Waals surface area contributed by atoms with Crippen LogP contribution in [-0.2, 0) is 0 Å². The molecule has 6 nitrogen and oxygen atoms in total. The Morgan fingerprint density at radius 3 is 2.71 bits per heavy atom. The molecule has 2 heterocycles. The third kappa shape index (κ3) is 3.48. The molecule has 0 radical (unpaired) electrons. The van der Waals surface area contributed by atoms with Gasteiger partial charge in [-0.25, -0.2) is 9.97 Å². The maximum absolute atomic E-state index is 12.0. The summed E-state index contributed by atoms with van der Waals surface area (Å²) in [7, 11) is 0. The lowest BCUT2D eigenvalue weighted by molar-refractivity contribution is 0.0934. The molecule has 0 fully saturated rings. The SMILES string of the molecule is CCC(C)NC(=O)c1cnc(Nc2cccc3cccnc23)cn1. The van der Waals surface area contributed by atoms with Gasteiger partial charge in [-0.2, -0.15) is 0 Å². The van der Waals surface area contributed by atoms with E-state index < -0.39 is 0 Å². The van der Waals surface area contributed by atoms with Crippen LogP contribution < -0.4 is 10.6 Å². The average molecular weight is 321 g/mol. The lowest BCUT2D eigenvalue weighted by Crippen LogP contribution is -2.32. The molecule has 6 heteroatoms. The molecular weight excluding hydrogens is 302 g/mol. The minimum Gasteiger partial charge on any atom is -0.348 e. The molecule has 1 unspecified atom stereocenters. The fraction of sp³-hybridized carbons (Fsp3) is 0.222. The highest BCUT2D eigenvalue weighted by atomic mass is 16.1. The molecule has 0 aliphatic rings. The Kier molecular flexibility index (Phi) is 4.65. The lowest BCUT2D eigenvalue weighted by Gasteiger charge is -2.11. The van der Waals surface area contributed by atoms with Gasteiger partial charge in [-0.15, -0.1) is 0 Å². The topological polar surface area (TPSA) is 79.8 Å². The fourth-order valence-electron chi connectivity index (χ4n) is 2.25. The maximum atomic E-state index is 12.0. The van der Waals surface area contributed by atoms with Crippen molar-refractivity contribution in [2.75, 3.05) is 5.32 Å². The van der Waals surface area contributed by atoms with Crippen molar-refractivity contribution in [1.29, 1.82) is 0 Å². The van der Waals surface area contributed by atoms with Gasteiger partial charge in [0, 0.05) is 17.6 Å². The van der Waals surface area contributed by atoms with E-state index in [2.05, 4.69) is 25.6 Å². The van der Waals surface area contributed by atoms with Crippen LogP contribution in [0, 0.1) is 0 Å². The quantitative estimate of drug-likeness (QED) is 0.754. The predicted molar refractivity (Wildman–Crippen MR) is 94.3 cm³/mol. The largest absolute Gasteiger partial charge is 0.348 e. The zero-order valence-electron chi connectivity index (χ0n) is 13.7. The Balaban J connectivity index is 1.77. The molecule has 0 saturated heterocycles. The number of carbonyl (C=O) groups excluding carboxylic acids is 1. The van der Waals surface area contributed by atoms with Crippen LogP contribution in [0.3, 0.4) is 0 Å². The van der Waals surface area contributed by atoms with Crippen molar-refractivity contribution >= 4 is 28.3 Å². The van der Waals surface area contributed by atoms with Gasteiger partial charge >= 0.3 is 0 Å². The summed E-state index contributed by atoms with van der Waals surface area (Å²) in [5.74, 6) is 0.350. The number of para-hydroxylation sites is 1. The van der Waals surface area contributed by atoms with E-state index in [0.29, 0.717) is 11.5 Å². The van der Waals surface area contributed by atoms with Crippen LogP contribution in [0.25, 0.3) is 10.9 Å². The van der Waals surface area contributed by atoms with Crippen LogP contribution in [0.4, 0.5) is 11.5 Å². The van der Waals surface area contributed by atoms with Crippen molar-refractivity contribution in [2.24, 2.45) is 0 Å². The zero-order chi connectivity index (χ0) is 16.9. The third-order valence-electron chi connectivity index (χ3n) is 3.77. The van der Waals surface area contributed by atoms with Crippen molar-refractivity contribution in [3.8, 4) is 0 Å². The number of hydrogen-bond donors (Lipinski definition) is 2. The summed E-state index contributed by atoms with van der Waals surface area (Å²) in [4.78, 5) is 24.9. The molecule has 0 spiro atoms. The first-order valence-electron chi connectivity index (χ1n) is 7.91. The van der Waals surface area contributed by atoms with Gasteiger partial charge in [0.2, 0.25) is 0 Å². The second-order valence-electron chi connectivity index (χ2n) is 5.58. The monoisotopic (exact) mass is 321 g/mol. The van der Waals surface area contributed by atoms with Gasteiger partial charge in [-0.3, -0.25) is 9.78 Å². The molecule has 0 aliphatic heterocycles.